The zero-order valence-corrected chi connectivity index (χ0v) is 12.6. The summed E-state index contributed by atoms with van der Waals surface area (Å²) >= 11 is 0. The van der Waals surface area contributed by atoms with Gasteiger partial charge in [-0.1, -0.05) is 24.6 Å². The molecule has 1 fully saturated rings. The number of aldehydes is 1. The summed E-state index contributed by atoms with van der Waals surface area (Å²) in [6.07, 6.45) is 9.78. The van der Waals surface area contributed by atoms with E-state index in [1.807, 2.05) is 0 Å². The summed E-state index contributed by atoms with van der Waals surface area (Å²) in [6.45, 7) is 5.75. The minimum absolute atomic E-state index is 0.00451. The monoisotopic (exact) mass is 276 g/mol. The van der Waals surface area contributed by atoms with Crippen LogP contribution in [-0.4, -0.2) is 18.4 Å². The van der Waals surface area contributed by atoms with E-state index >= 15 is 0 Å². The molecule has 0 saturated heterocycles. The summed E-state index contributed by atoms with van der Waals surface area (Å²) in [5.74, 6) is 0.156. The Morgan fingerprint density at radius 2 is 2.20 bits per heavy atom. The molecule has 0 unspecified atom stereocenters. The number of allylic oxidation sites excluding steroid dienone is 4. The first-order valence-electron chi connectivity index (χ1n) is 7.44. The molecule has 0 bridgehead atoms. The minimum Gasteiger partial charge on any atom is -0.462 e. The number of hydrogen-bond donors (Lipinski definition) is 0. The number of fused-ring (bicyclic) bond motifs is 1. The molecule has 0 spiro atoms. The molecule has 0 aromatic heterocycles. The average molecular weight is 276 g/mol. The summed E-state index contributed by atoms with van der Waals surface area (Å²) in [4.78, 5) is 22.5. The van der Waals surface area contributed by atoms with Crippen molar-refractivity contribution in [1.82, 2.24) is 0 Å². The highest BCUT2D eigenvalue weighted by atomic mass is 16.5. The first kappa shape index (κ1) is 15.0. The second-order valence-corrected chi connectivity index (χ2v) is 6.40. The van der Waals surface area contributed by atoms with Gasteiger partial charge in [-0.15, -0.1) is 0 Å². The smallest absolute Gasteiger partial charge is 0.302 e. The molecule has 3 atom stereocenters. The lowest BCUT2D eigenvalue weighted by Crippen LogP contribution is -2.27. The number of esters is 1. The van der Waals surface area contributed by atoms with Gasteiger partial charge < -0.3 is 4.74 Å². The fourth-order valence-corrected chi connectivity index (χ4v) is 3.14. The van der Waals surface area contributed by atoms with E-state index in [0.29, 0.717) is 5.92 Å². The van der Waals surface area contributed by atoms with E-state index < -0.39 is 0 Å². The molecule has 20 heavy (non-hydrogen) atoms. The number of ether oxygens (including phenoxy) is 1. The first-order chi connectivity index (χ1) is 9.45. The fraction of sp³-hybridized carbons (Fsp3) is 0.647. The van der Waals surface area contributed by atoms with Gasteiger partial charge in [-0.05, 0) is 50.5 Å². The summed E-state index contributed by atoms with van der Waals surface area (Å²) in [7, 11) is 0. The Labute approximate surface area is 121 Å². The van der Waals surface area contributed by atoms with Gasteiger partial charge in [-0.25, -0.2) is 0 Å². The molecule has 2 aliphatic carbocycles. The maximum Gasteiger partial charge on any atom is 0.302 e. The standard InChI is InChI=1S/C17H24O3/c1-12-5-4-6-14(11-18)9-15-10-17(15,3)16(8-7-12)20-13(2)19/h5,9,11,15-16H,4,6-8,10H2,1-3H3/b12-5+,14-9+/t15-,16-,17-/m1/s1. The van der Waals surface area contributed by atoms with Gasteiger partial charge in [0.25, 0.3) is 0 Å². The Bertz CT molecular complexity index is 461. The van der Waals surface area contributed by atoms with Crippen LogP contribution in [0.1, 0.15) is 52.9 Å². The van der Waals surface area contributed by atoms with Gasteiger partial charge in [0.15, 0.2) is 0 Å². The molecule has 2 aliphatic rings. The number of rotatable bonds is 2. The molecule has 0 N–H and O–H groups in total. The van der Waals surface area contributed by atoms with Crippen LogP contribution in [-0.2, 0) is 14.3 Å². The Kier molecular flexibility index (Phi) is 4.46. The van der Waals surface area contributed by atoms with E-state index in [2.05, 4.69) is 26.0 Å². The Balaban J connectivity index is 2.22. The predicted octanol–water partition coefficient (Wildman–Crippen LogP) is 3.59. The molecular weight excluding hydrogens is 252 g/mol. The minimum atomic E-state index is -0.210. The van der Waals surface area contributed by atoms with Gasteiger partial charge in [0.2, 0.25) is 0 Å². The molecule has 3 heteroatoms. The molecule has 1 saturated carbocycles. The second-order valence-electron chi connectivity index (χ2n) is 6.40. The lowest BCUT2D eigenvalue weighted by Gasteiger charge is -2.24. The highest BCUT2D eigenvalue weighted by Gasteiger charge is 2.55. The summed E-state index contributed by atoms with van der Waals surface area (Å²) in [6, 6.07) is 0. The summed E-state index contributed by atoms with van der Waals surface area (Å²) in [5.41, 5.74) is 2.20. The lowest BCUT2D eigenvalue weighted by molar-refractivity contribution is -0.150. The van der Waals surface area contributed by atoms with Crippen molar-refractivity contribution in [3.8, 4) is 0 Å². The predicted molar refractivity (Wildman–Crippen MR) is 78.1 cm³/mol. The zero-order chi connectivity index (χ0) is 14.8. The molecule has 0 aliphatic heterocycles. The van der Waals surface area contributed by atoms with E-state index in [0.717, 1.165) is 44.0 Å². The Morgan fingerprint density at radius 3 is 2.85 bits per heavy atom. The van der Waals surface area contributed by atoms with Crippen LogP contribution >= 0.6 is 0 Å². The van der Waals surface area contributed by atoms with Crippen molar-refractivity contribution >= 4 is 12.3 Å². The van der Waals surface area contributed by atoms with E-state index in [1.54, 1.807) is 0 Å². The van der Waals surface area contributed by atoms with Gasteiger partial charge in [-0.2, -0.15) is 0 Å². The molecule has 0 aromatic rings. The average Bonchev–Trinajstić information content (AvgIpc) is 3.03. The summed E-state index contributed by atoms with van der Waals surface area (Å²) in [5, 5.41) is 0. The number of hydrogen-bond acceptors (Lipinski definition) is 3. The van der Waals surface area contributed by atoms with E-state index in [-0.39, 0.29) is 17.5 Å². The lowest BCUT2D eigenvalue weighted by atomic mass is 9.92. The maximum absolute atomic E-state index is 11.3. The molecular formula is C17H24O3. The number of carbonyl (C=O) groups is 2. The molecule has 3 nitrogen and oxygen atoms in total. The first-order valence-corrected chi connectivity index (χ1v) is 7.44. The van der Waals surface area contributed by atoms with Gasteiger partial charge in [-0.3, -0.25) is 9.59 Å². The van der Waals surface area contributed by atoms with Crippen LogP contribution in [0.15, 0.2) is 23.3 Å². The van der Waals surface area contributed by atoms with Gasteiger partial charge in [0, 0.05) is 12.3 Å². The third-order valence-corrected chi connectivity index (χ3v) is 4.68. The largest absolute Gasteiger partial charge is 0.462 e. The molecule has 0 amide bonds. The van der Waals surface area contributed by atoms with Crippen LogP contribution in [0, 0.1) is 11.3 Å². The summed E-state index contributed by atoms with van der Waals surface area (Å²) < 4.78 is 5.55. The normalized spacial score (nSPS) is 39.1. The van der Waals surface area contributed by atoms with Crippen molar-refractivity contribution in [1.29, 1.82) is 0 Å². The highest BCUT2D eigenvalue weighted by Crippen LogP contribution is 2.58. The van der Waals surface area contributed by atoms with Crippen molar-refractivity contribution in [2.75, 3.05) is 0 Å². The Morgan fingerprint density at radius 1 is 1.45 bits per heavy atom. The van der Waals surface area contributed by atoms with Gasteiger partial charge in [0.05, 0.1) is 0 Å². The molecule has 0 radical (unpaired) electrons. The van der Waals surface area contributed by atoms with Gasteiger partial charge in [0.1, 0.15) is 12.4 Å². The van der Waals surface area contributed by atoms with E-state index in [4.69, 9.17) is 4.74 Å². The van der Waals surface area contributed by atoms with Crippen LogP contribution in [0.2, 0.25) is 0 Å². The van der Waals surface area contributed by atoms with Crippen LogP contribution in [0.25, 0.3) is 0 Å². The molecule has 0 heterocycles. The van der Waals surface area contributed by atoms with Crippen molar-refractivity contribution in [2.24, 2.45) is 11.3 Å². The van der Waals surface area contributed by atoms with Crippen molar-refractivity contribution in [2.45, 2.75) is 59.0 Å². The van der Waals surface area contributed by atoms with E-state index in [9.17, 15) is 9.59 Å². The third kappa shape index (κ3) is 3.38. The third-order valence-electron chi connectivity index (χ3n) is 4.68. The molecule has 0 aromatic carbocycles. The molecule has 110 valence electrons. The number of carbonyl (C=O) groups excluding carboxylic acids is 2. The fourth-order valence-electron chi connectivity index (χ4n) is 3.14. The SMILES string of the molecule is CC(=O)O[C@@H]1CC/C(C)=C/CC/C(C=O)=C\[C@@H]2C[C@]21C. The maximum atomic E-state index is 11.3. The van der Waals surface area contributed by atoms with Crippen LogP contribution in [0.5, 0.6) is 0 Å². The van der Waals surface area contributed by atoms with Gasteiger partial charge >= 0.3 is 5.97 Å². The van der Waals surface area contributed by atoms with Crippen molar-refractivity contribution in [3.63, 3.8) is 0 Å². The zero-order valence-electron chi connectivity index (χ0n) is 12.6. The van der Waals surface area contributed by atoms with Crippen LogP contribution < -0.4 is 0 Å². The van der Waals surface area contributed by atoms with Crippen LogP contribution in [0.3, 0.4) is 0 Å². The molecule has 2 rings (SSSR count). The van der Waals surface area contributed by atoms with Crippen molar-refractivity contribution < 1.29 is 14.3 Å². The topological polar surface area (TPSA) is 43.4 Å². The Hall–Kier alpha value is -1.38. The van der Waals surface area contributed by atoms with Crippen LogP contribution in [0.4, 0.5) is 0 Å². The second kappa shape index (κ2) is 5.94. The van der Waals surface area contributed by atoms with Crippen molar-refractivity contribution in [3.05, 3.63) is 23.3 Å². The van der Waals surface area contributed by atoms with E-state index in [1.165, 1.54) is 12.5 Å². The quantitative estimate of drug-likeness (QED) is 0.440. The highest BCUT2D eigenvalue weighted by molar-refractivity contribution is 5.73.